The van der Waals surface area contributed by atoms with Gasteiger partial charge in [0.2, 0.25) is 0 Å². The van der Waals surface area contributed by atoms with Crippen molar-refractivity contribution in [3.63, 3.8) is 0 Å². The van der Waals surface area contributed by atoms with E-state index in [-0.39, 0.29) is 21.2 Å². The molecular weight excluding hydrogens is 424 g/mol. The van der Waals surface area contributed by atoms with Gasteiger partial charge in [-0.1, -0.05) is 0 Å². The Morgan fingerprint density at radius 1 is 1.41 bits per heavy atom. The van der Waals surface area contributed by atoms with E-state index in [0.29, 0.717) is 29.1 Å². The first-order chi connectivity index (χ1) is 13.4. The van der Waals surface area contributed by atoms with Gasteiger partial charge < -0.3 is 10.4 Å². The van der Waals surface area contributed by atoms with Crippen LogP contribution in [0.1, 0.15) is 54.2 Å². The zero-order valence-corrected chi connectivity index (χ0v) is 17.8. The fraction of sp³-hybridized carbons (Fsp3) is 0.471. The number of pyridine rings is 1. The van der Waals surface area contributed by atoms with Crippen molar-refractivity contribution in [2.24, 2.45) is 5.14 Å². The summed E-state index contributed by atoms with van der Waals surface area (Å²) in [6.45, 7) is 4.50. The van der Waals surface area contributed by atoms with Crippen LogP contribution in [-0.2, 0) is 28.7 Å². The number of nitrogens with two attached hydrogens (primary N) is 1. The van der Waals surface area contributed by atoms with Crippen LogP contribution in [0.4, 0.5) is 19.3 Å². The maximum Gasteiger partial charge on any atom is 0.330 e. The van der Waals surface area contributed by atoms with E-state index in [2.05, 4.69) is 20.0 Å². The van der Waals surface area contributed by atoms with Gasteiger partial charge in [0.05, 0.1) is 11.9 Å². The quantitative estimate of drug-likeness (QED) is 0.450. The Morgan fingerprint density at radius 2 is 2.10 bits per heavy atom. The van der Waals surface area contributed by atoms with Gasteiger partial charge in [-0.3, -0.25) is 14.8 Å². The molecule has 3 rings (SSSR count). The number of thiazole rings is 1. The Bertz CT molecular complexity index is 1000. The summed E-state index contributed by atoms with van der Waals surface area (Å²) in [4.78, 5) is 20.5. The smallest absolute Gasteiger partial charge is 0.330 e. The Balaban J connectivity index is 1.84. The highest BCUT2D eigenvalue weighted by Crippen LogP contribution is 2.35. The van der Waals surface area contributed by atoms with Gasteiger partial charge in [0.25, 0.3) is 6.43 Å². The zero-order chi connectivity index (χ0) is 21.6. The van der Waals surface area contributed by atoms with Crippen molar-refractivity contribution < 1.29 is 22.9 Å². The fourth-order valence-corrected chi connectivity index (χ4v) is 5.43. The number of amides is 2. The molecule has 1 aliphatic carbocycles. The summed E-state index contributed by atoms with van der Waals surface area (Å²) in [6.07, 6.45) is 0.375. The van der Waals surface area contributed by atoms with Crippen LogP contribution in [-0.4, -0.2) is 25.3 Å². The SMILES string of the molecule is Cc1c(C(F)F)nc2c(c1NC(=O)N[SH](N)(=O)c1cnc(C(C)(C)O)s1)CCC2. The maximum absolute atomic E-state index is 13.3. The molecule has 0 bridgehead atoms. The van der Waals surface area contributed by atoms with Gasteiger partial charge in [-0.2, -0.15) is 0 Å². The number of halogens is 2. The van der Waals surface area contributed by atoms with Gasteiger partial charge in [-0.05, 0) is 45.6 Å². The number of carbonyl (C=O) groups is 1. The van der Waals surface area contributed by atoms with Crippen LogP contribution in [0, 0.1) is 6.92 Å². The van der Waals surface area contributed by atoms with E-state index in [1.54, 1.807) is 0 Å². The van der Waals surface area contributed by atoms with E-state index in [1.165, 1.54) is 27.0 Å². The van der Waals surface area contributed by atoms with Crippen molar-refractivity contribution >= 4 is 33.4 Å². The zero-order valence-electron chi connectivity index (χ0n) is 16.1. The van der Waals surface area contributed by atoms with Crippen LogP contribution in [0.3, 0.4) is 0 Å². The molecule has 1 aliphatic rings. The standard InChI is InChI=1S/C17H23F2N5O3S2/c1-8-12(9-5-4-6-10(9)22-13(8)14(18)19)23-16(25)24-29(20,27)11-7-21-15(28-11)17(2,3)26/h7,14,26,29H,4-6H2,1-3H3,(H4,20,22,23,24,25,27). The molecular formula is C17H23F2N5O3S2. The number of hydrogen-bond acceptors (Lipinski definition) is 6. The second kappa shape index (κ2) is 7.67. The first-order valence-electron chi connectivity index (χ1n) is 8.87. The van der Waals surface area contributed by atoms with Crippen LogP contribution in [0.25, 0.3) is 0 Å². The van der Waals surface area contributed by atoms with Crippen molar-refractivity contribution in [3.8, 4) is 0 Å². The first-order valence-corrected chi connectivity index (χ1v) is 11.5. The van der Waals surface area contributed by atoms with E-state index in [9.17, 15) is 22.9 Å². The number of alkyl halides is 2. The maximum atomic E-state index is 13.3. The number of hydrogen-bond donors (Lipinski definition) is 5. The normalized spacial score (nSPS) is 14.8. The lowest BCUT2D eigenvalue weighted by atomic mass is 10.1. The molecule has 2 amide bonds. The monoisotopic (exact) mass is 447 g/mol. The predicted octanol–water partition coefficient (Wildman–Crippen LogP) is 2.49. The molecule has 0 aliphatic heterocycles. The number of thiol groups is 1. The molecule has 0 saturated carbocycles. The summed E-state index contributed by atoms with van der Waals surface area (Å²) < 4.78 is 41.8. The predicted molar refractivity (Wildman–Crippen MR) is 107 cm³/mol. The highest BCUT2D eigenvalue weighted by atomic mass is 32.3. The Hall–Kier alpha value is -2.02. The van der Waals surface area contributed by atoms with Gasteiger partial charge >= 0.3 is 6.03 Å². The van der Waals surface area contributed by atoms with E-state index < -0.39 is 28.4 Å². The topological polar surface area (TPSA) is 130 Å². The summed E-state index contributed by atoms with van der Waals surface area (Å²) in [5.41, 5.74) is 0.0390. The number of aryl methyl sites for hydroxylation is 1. The van der Waals surface area contributed by atoms with Crippen molar-refractivity contribution in [2.75, 3.05) is 5.32 Å². The largest absolute Gasteiger partial charge is 0.383 e. The minimum absolute atomic E-state index is 0.106. The molecule has 0 saturated heterocycles. The van der Waals surface area contributed by atoms with E-state index >= 15 is 0 Å². The van der Waals surface area contributed by atoms with Crippen LogP contribution in [0.15, 0.2) is 10.4 Å². The molecule has 0 atom stereocenters. The molecule has 8 nitrogen and oxygen atoms in total. The lowest BCUT2D eigenvalue weighted by Crippen LogP contribution is -2.44. The fourth-order valence-electron chi connectivity index (χ4n) is 3.14. The van der Waals surface area contributed by atoms with Crippen LogP contribution < -0.4 is 15.2 Å². The highest BCUT2D eigenvalue weighted by Gasteiger charge is 2.28. The van der Waals surface area contributed by atoms with Crippen LogP contribution in [0.5, 0.6) is 0 Å². The number of nitrogens with one attached hydrogen (secondary N) is 2. The van der Waals surface area contributed by atoms with Gasteiger partial charge in [0, 0.05) is 21.6 Å². The first kappa shape index (κ1) is 21.7. The number of nitrogens with zero attached hydrogens (tertiary/aromatic N) is 2. The summed E-state index contributed by atoms with van der Waals surface area (Å²) >= 11 is 0.924. The molecule has 12 heteroatoms. The molecule has 29 heavy (non-hydrogen) atoms. The third-order valence-corrected chi connectivity index (χ3v) is 8.07. The van der Waals surface area contributed by atoms with Crippen molar-refractivity contribution in [1.82, 2.24) is 14.7 Å². The minimum Gasteiger partial charge on any atom is -0.383 e. The summed E-state index contributed by atoms with van der Waals surface area (Å²) in [5.74, 6) is 0. The Kier molecular flexibility index (Phi) is 5.73. The summed E-state index contributed by atoms with van der Waals surface area (Å²) in [7, 11) is -3.83. The van der Waals surface area contributed by atoms with Crippen LogP contribution >= 0.6 is 11.3 Å². The summed E-state index contributed by atoms with van der Waals surface area (Å²) in [6, 6.07) is -0.877. The number of anilines is 1. The van der Waals surface area contributed by atoms with E-state index in [0.717, 1.165) is 17.8 Å². The van der Waals surface area contributed by atoms with E-state index in [1.807, 2.05) is 0 Å². The molecule has 160 valence electrons. The lowest BCUT2D eigenvalue weighted by Gasteiger charge is -2.21. The summed E-state index contributed by atoms with van der Waals surface area (Å²) in [5, 5.41) is 18.6. The van der Waals surface area contributed by atoms with Gasteiger partial charge in [0.15, 0.2) is 0 Å². The third-order valence-electron chi connectivity index (χ3n) is 4.56. The number of fused-ring (bicyclic) bond motifs is 1. The van der Waals surface area contributed by atoms with Crippen molar-refractivity contribution in [3.05, 3.63) is 33.7 Å². The molecule has 0 fully saturated rings. The Morgan fingerprint density at radius 3 is 2.69 bits per heavy atom. The average Bonchev–Trinajstić information content (AvgIpc) is 3.25. The molecule has 2 heterocycles. The number of carbonyl (C=O) groups excluding carboxylic acids is 1. The van der Waals surface area contributed by atoms with Gasteiger partial charge in [-0.25, -0.2) is 22.8 Å². The molecule has 2 aromatic rings. The number of urea groups is 1. The molecule has 0 radical (unpaired) electrons. The lowest BCUT2D eigenvalue weighted by molar-refractivity contribution is 0.0783. The average molecular weight is 448 g/mol. The van der Waals surface area contributed by atoms with E-state index in [4.69, 9.17) is 5.14 Å². The molecule has 0 aromatic carbocycles. The van der Waals surface area contributed by atoms with Crippen LogP contribution in [0.2, 0.25) is 0 Å². The van der Waals surface area contributed by atoms with Crippen molar-refractivity contribution in [1.29, 1.82) is 0 Å². The second-order valence-electron chi connectivity index (χ2n) is 7.36. The third kappa shape index (κ3) is 4.44. The second-order valence-corrected chi connectivity index (χ2v) is 10.7. The molecule has 2 aromatic heterocycles. The Labute approximate surface area is 171 Å². The number of aliphatic hydroxyl groups is 1. The van der Waals surface area contributed by atoms with Crippen molar-refractivity contribution in [2.45, 2.75) is 56.3 Å². The highest BCUT2D eigenvalue weighted by molar-refractivity contribution is 8.01. The number of aromatic nitrogens is 2. The molecule has 0 spiro atoms. The molecule has 5 N–H and O–H groups in total. The van der Waals surface area contributed by atoms with Gasteiger partial charge in [0.1, 0.15) is 20.5 Å². The molecule has 0 unspecified atom stereocenters. The van der Waals surface area contributed by atoms with Gasteiger partial charge in [-0.15, -0.1) is 11.3 Å². The minimum atomic E-state index is -3.83. The number of rotatable bonds is 5.